The topological polar surface area (TPSA) is 81.2 Å². The second kappa shape index (κ2) is 5.43. The highest BCUT2D eigenvalue weighted by Gasteiger charge is 2.25. The molecule has 0 spiro atoms. The molecule has 5 nitrogen and oxygen atoms in total. The quantitative estimate of drug-likeness (QED) is 0.828. The van der Waals surface area contributed by atoms with Crippen molar-refractivity contribution in [2.24, 2.45) is 0 Å². The lowest BCUT2D eigenvalue weighted by molar-refractivity contribution is 0.174. The van der Waals surface area contributed by atoms with Gasteiger partial charge >= 0.3 is 0 Å². The first kappa shape index (κ1) is 14.3. The Morgan fingerprint density at radius 2 is 1.91 bits per heavy atom. The molecule has 0 radical (unpaired) electrons. The van der Waals surface area contributed by atoms with Crippen LogP contribution in [0.4, 0.5) is 5.82 Å². The molecule has 0 saturated heterocycles. The molecule has 6 heteroatoms. The zero-order valence-electron chi connectivity index (χ0n) is 12.4. The number of halogens is 1. The molecule has 0 atom stereocenters. The summed E-state index contributed by atoms with van der Waals surface area (Å²) in [4.78, 5) is 4.46. The van der Waals surface area contributed by atoms with E-state index < -0.39 is 0 Å². The van der Waals surface area contributed by atoms with Gasteiger partial charge in [0.05, 0.1) is 0 Å². The third kappa shape index (κ3) is 2.23. The number of fused-ring (bicyclic) bond motifs is 2. The number of aryl methyl sites for hydroxylation is 1. The van der Waals surface area contributed by atoms with Crippen molar-refractivity contribution < 1.29 is 9.47 Å². The molecule has 23 heavy (non-hydrogen) atoms. The first-order valence-electron chi connectivity index (χ1n) is 7.50. The fourth-order valence-corrected chi connectivity index (χ4v) is 3.80. The zero-order chi connectivity index (χ0) is 16.0. The lowest BCUT2D eigenvalue weighted by Crippen LogP contribution is -2.12. The Morgan fingerprint density at radius 1 is 1.17 bits per heavy atom. The van der Waals surface area contributed by atoms with Crippen LogP contribution >= 0.6 is 15.9 Å². The molecule has 1 aliphatic carbocycles. The van der Waals surface area contributed by atoms with E-state index in [1.165, 1.54) is 0 Å². The number of aromatic nitrogens is 1. The number of pyridine rings is 1. The maximum absolute atomic E-state index is 9.61. The van der Waals surface area contributed by atoms with E-state index in [1.807, 2.05) is 12.1 Å². The Balaban J connectivity index is 2.02. The summed E-state index contributed by atoms with van der Waals surface area (Å²) in [7, 11) is 0. The van der Waals surface area contributed by atoms with E-state index in [9.17, 15) is 5.26 Å². The number of rotatable bonds is 1. The maximum Gasteiger partial charge on any atom is 0.231 e. The summed E-state index contributed by atoms with van der Waals surface area (Å²) < 4.78 is 11.8. The maximum atomic E-state index is 9.61. The molecule has 116 valence electrons. The number of hydrogen-bond acceptors (Lipinski definition) is 5. The molecular weight excluding hydrogens is 358 g/mol. The van der Waals surface area contributed by atoms with Crippen LogP contribution in [-0.2, 0) is 12.8 Å². The molecule has 4 rings (SSSR count). The Bertz CT molecular complexity index is 858. The van der Waals surface area contributed by atoms with Crippen LogP contribution in [-0.4, -0.2) is 11.8 Å². The van der Waals surface area contributed by atoms with E-state index in [0.717, 1.165) is 52.5 Å². The average molecular weight is 372 g/mol. The van der Waals surface area contributed by atoms with Crippen molar-refractivity contribution in [2.75, 3.05) is 12.5 Å². The molecule has 1 aromatic heterocycles. The number of nitrogens with two attached hydrogens (primary N) is 1. The Morgan fingerprint density at radius 3 is 2.70 bits per heavy atom. The first-order valence-corrected chi connectivity index (χ1v) is 8.29. The fourth-order valence-electron chi connectivity index (χ4n) is 3.28. The molecule has 2 heterocycles. The predicted molar refractivity (Wildman–Crippen MR) is 89.3 cm³/mol. The van der Waals surface area contributed by atoms with Crippen LogP contribution in [0.25, 0.3) is 11.1 Å². The minimum absolute atomic E-state index is 0.215. The first-order chi connectivity index (χ1) is 11.2. The minimum atomic E-state index is 0.215. The van der Waals surface area contributed by atoms with Crippen molar-refractivity contribution in [3.05, 3.63) is 33.4 Å². The van der Waals surface area contributed by atoms with Gasteiger partial charge in [-0.25, -0.2) is 4.98 Å². The lowest BCUT2D eigenvalue weighted by atomic mass is 9.86. The smallest absolute Gasteiger partial charge is 0.231 e. The fraction of sp³-hybridized carbons (Fsp3) is 0.294. The number of ether oxygens (including phenoxy) is 2. The monoisotopic (exact) mass is 371 g/mol. The van der Waals surface area contributed by atoms with Gasteiger partial charge in [-0.3, -0.25) is 0 Å². The highest BCUT2D eigenvalue weighted by molar-refractivity contribution is 9.10. The van der Waals surface area contributed by atoms with Gasteiger partial charge in [0, 0.05) is 21.3 Å². The molecule has 1 aromatic carbocycles. The molecule has 1 aliphatic heterocycles. The molecule has 0 fully saturated rings. The summed E-state index contributed by atoms with van der Waals surface area (Å²) in [5.41, 5.74) is 10.4. The van der Waals surface area contributed by atoms with Crippen molar-refractivity contribution in [3.63, 3.8) is 0 Å². The molecule has 2 aliphatic rings. The molecule has 0 unspecified atom stereocenters. The highest BCUT2D eigenvalue weighted by Crippen LogP contribution is 2.45. The third-order valence-corrected chi connectivity index (χ3v) is 5.00. The van der Waals surface area contributed by atoms with E-state index in [-0.39, 0.29) is 6.79 Å². The third-order valence-electron chi connectivity index (χ3n) is 4.35. The average Bonchev–Trinajstić information content (AvgIpc) is 3.00. The van der Waals surface area contributed by atoms with Crippen LogP contribution in [0.15, 0.2) is 16.6 Å². The Kier molecular flexibility index (Phi) is 3.38. The lowest BCUT2D eigenvalue weighted by Gasteiger charge is -2.21. The van der Waals surface area contributed by atoms with Crippen molar-refractivity contribution >= 4 is 21.7 Å². The van der Waals surface area contributed by atoms with E-state index >= 15 is 0 Å². The number of nitriles is 1. The van der Waals surface area contributed by atoms with Gasteiger partial charge in [0.25, 0.3) is 0 Å². The Labute approximate surface area is 142 Å². The molecule has 0 bridgehead atoms. The summed E-state index contributed by atoms with van der Waals surface area (Å²) in [6, 6.07) is 6.02. The summed E-state index contributed by atoms with van der Waals surface area (Å²) in [6.45, 7) is 0.215. The summed E-state index contributed by atoms with van der Waals surface area (Å²) in [6.07, 6.45) is 4.01. The number of anilines is 1. The second-order valence-corrected chi connectivity index (χ2v) is 6.53. The summed E-state index contributed by atoms with van der Waals surface area (Å²) in [5.74, 6) is 1.69. The van der Waals surface area contributed by atoms with Crippen LogP contribution in [0.3, 0.4) is 0 Å². The van der Waals surface area contributed by atoms with Crippen LogP contribution in [0.2, 0.25) is 0 Å². The van der Waals surface area contributed by atoms with E-state index in [1.54, 1.807) is 0 Å². The number of hydrogen-bond donors (Lipinski definition) is 1. The minimum Gasteiger partial charge on any atom is -0.454 e. The van der Waals surface area contributed by atoms with Crippen LogP contribution in [0.1, 0.15) is 29.7 Å². The largest absolute Gasteiger partial charge is 0.454 e. The molecule has 2 N–H and O–H groups in total. The van der Waals surface area contributed by atoms with Gasteiger partial charge in [-0.15, -0.1) is 0 Å². The van der Waals surface area contributed by atoms with Gasteiger partial charge in [-0.1, -0.05) is 15.9 Å². The van der Waals surface area contributed by atoms with Gasteiger partial charge in [0.15, 0.2) is 11.5 Å². The normalized spacial score (nSPS) is 15.1. The molecular formula is C17H14BrN3O2. The number of benzene rings is 1. The van der Waals surface area contributed by atoms with E-state index in [4.69, 9.17) is 15.2 Å². The second-order valence-electron chi connectivity index (χ2n) is 5.68. The Hall–Kier alpha value is -2.26. The van der Waals surface area contributed by atoms with Crippen molar-refractivity contribution in [2.45, 2.75) is 25.7 Å². The van der Waals surface area contributed by atoms with Crippen LogP contribution in [0, 0.1) is 11.3 Å². The van der Waals surface area contributed by atoms with Crippen molar-refractivity contribution in [1.29, 1.82) is 5.26 Å². The predicted octanol–water partition coefficient (Wildman–Crippen LogP) is 3.57. The van der Waals surface area contributed by atoms with Crippen LogP contribution in [0.5, 0.6) is 11.5 Å². The molecule has 0 amide bonds. The van der Waals surface area contributed by atoms with Gasteiger partial charge < -0.3 is 15.2 Å². The highest BCUT2D eigenvalue weighted by atomic mass is 79.9. The standard InChI is InChI=1S/C17H14BrN3O2/c18-12-6-15-14(22-8-23-15)5-10(12)16-9-3-1-2-4-13(9)21-17(20)11(16)7-19/h5-6H,1-4,8H2,(H2,20,21). The van der Waals surface area contributed by atoms with Gasteiger partial charge in [-0.2, -0.15) is 5.26 Å². The molecule has 2 aromatic rings. The molecule has 0 saturated carbocycles. The van der Waals surface area contributed by atoms with Crippen LogP contribution < -0.4 is 15.2 Å². The van der Waals surface area contributed by atoms with Crippen molar-refractivity contribution in [3.8, 4) is 28.7 Å². The van der Waals surface area contributed by atoms with Crippen molar-refractivity contribution in [1.82, 2.24) is 4.98 Å². The van der Waals surface area contributed by atoms with Gasteiger partial charge in [0.1, 0.15) is 17.5 Å². The SMILES string of the molecule is N#Cc1c(N)nc2c(c1-c1cc3c(cc1Br)OCO3)CCCC2. The van der Waals surface area contributed by atoms with E-state index in [2.05, 4.69) is 27.0 Å². The number of nitrogens with zero attached hydrogens (tertiary/aromatic N) is 2. The van der Waals surface area contributed by atoms with Gasteiger partial charge in [-0.05, 0) is 43.4 Å². The number of nitrogen functional groups attached to an aromatic ring is 1. The van der Waals surface area contributed by atoms with E-state index in [0.29, 0.717) is 22.9 Å². The summed E-state index contributed by atoms with van der Waals surface area (Å²) >= 11 is 3.60. The summed E-state index contributed by atoms with van der Waals surface area (Å²) in [5, 5.41) is 9.61. The zero-order valence-corrected chi connectivity index (χ0v) is 13.9. The van der Waals surface area contributed by atoms with Gasteiger partial charge in [0.2, 0.25) is 6.79 Å².